The van der Waals surface area contributed by atoms with Gasteiger partial charge in [-0.2, -0.15) is 5.10 Å². The highest BCUT2D eigenvalue weighted by Crippen LogP contribution is 2.18. The van der Waals surface area contributed by atoms with Crippen molar-refractivity contribution in [2.45, 2.75) is 33.1 Å². The van der Waals surface area contributed by atoms with Gasteiger partial charge in [0.15, 0.2) is 0 Å². The number of aryl methyl sites for hydroxylation is 2. The lowest BCUT2D eigenvalue weighted by atomic mass is 10.1. The fourth-order valence-corrected chi connectivity index (χ4v) is 1.82. The zero-order valence-corrected chi connectivity index (χ0v) is 11.3. The molecule has 0 aromatic carbocycles. The number of nitrogens with two attached hydrogens (primary N) is 1. The molecule has 2 aromatic heterocycles. The first kappa shape index (κ1) is 12.5. The predicted molar refractivity (Wildman–Crippen MR) is 71.3 cm³/mol. The minimum Gasteiger partial charge on any atom is -0.383 e. The number of hydrogen-bond acceptors (Lipinski definition) is 4. The van der Waals surface area contributed by atoms with E-state index in [0.29, 0.717) is 24.0 Å². The molecule has 2 heterocycles. The van der Waals surface area contributed by atoms with E-state index >= 15 is 0 Å². The molecular formula is C13H19N5. The number of anilines is 1. The molecule has 0 spiro atoms. The fraction of sp³-hybridized carbons (Fsp3) is 0.462. The minimum atomic E-state index is 0.427. The van der Waals surface area contributed by atoms with Crippen LogP contribution in [0, 0.1) is 6.92 Å². The number of hydrogen-bond donors (Lipinski definition) is 1. The normalized spacial score (nSPS) is 11.2. The molecule has 0 bridgehead atoms. The molecular weight excluding hydrogens is 226 g/mol. The van der Waals surface area contributed by atoms with E-state index in [4.69, 9.17) is 5.73 Å². The molecule has 2 aromatic rings. The van der Waals surface area contributed by atoms with Crippen LogP contribution in [0.2, 0.25) is 0 Å². The maximum absolute atomic E-state index is 5.91. The quantitative estimate of drug-likeness (QED) is 0.895. The van der Waals surface area contributed by atoms with Crippen molar-refractivity contribution in [3.8, 4) is 0 Å². The summed E-state index contributed by atoms with van der Waals surface area (Å²) in [6.07, 6.45) is 2.50. The smallest absolute Gasteiger partial charge is 0.130 e. The minimum absolute atomic E-state index is 0.427. The molecule has 0 saturated heterocycles. The Morgan fingerprint density at radius 3 is 2.67 bits per heavy atom. The Morgan fingerprint density at radius 2 is 2.11 bits per heavy atom. The molecule has 0 fully saturated rings. The van der Waals surface area contributed by atoms with Crippen molar-refractivity contribution in [2.24, 2.45) is 7.05 Å². The van der Waals surface area contributed by atoms with E-state index in [1.807, 2.05) is 18.7 Å². The summed E-state index contributed by atoms with van der Waals surface area (Å²) >= 11 is 0. The number of nitrogens with zero attached hydrogens (tertiary/aromatic N) is 4. The first-order valence-electron chi connectivity index (χ1n) is 6.08. The summed E-state index contributed by atoms with van der Waals surface area (Å²) in [6, 6.07) is 2.12. The second-order valence-electron chi connectivity index (χ2n) is 4.84. The third kappa shape index (κ3) is 2.50. The van der Waals surface area contributed by atoms with Gasteiger partial charge in [0.25, 0.3) is 0 Å². The maximum atomic E-state index is 5.91. The number of rotatable bonds is 3. The van der Waals surface area contributed by atoms with Crippen molar-refractivity contribution >= 4 is 5.82 Å². The monoisotopic (exact) mass is 245 g/mol. The molecule has 0 amide bonds. The molecule has 0 aliphatic rings. The van der Waals surface area contributed by atoms with Crippen LogP contribution in [0.5, 0.6) is 0 Å². The highest BCUT2D eigenvalue weighted by Gasteiger charge is 2.11. The van der Waals surface area contributed by atoms with Crippen LogP contribution in [0.1, 0.15) is 42.5 Å². The first-order valence-corrected chi connectivity index (χ1v) is 6.08. The Kier molecular flexibility index (Phi) is 3.32. The zero-order chi connectivity index (χ0) is 13.3. The average Bonchev–Trinajstić information content (AvgIpc) is 2.64. The molecule has 0 unspecified atom stereocenters. The molecule has 18 heavy (non-hydrogen) atoms. The van der Waals surface area contributed by atoms with Gasteiger partial charge < -0.3 is 5.73 Å². The van der Waals surface area contributed by atoms with E-state index in [1.165, 1.54) is 0 Å². The average molecular weight is 245 g/mol. The lowest BCUT2D eigenvalue weighted by molar-refractivity contribution is 0.689. The topological polar surface area (TPSA) is 69.6 Å². The van der Waals surface area contributed by atoms with Gasteiger partial charge in [-0.1, -0.05) is 13.8 Å². The summed E-state index contributed by atoms with van der Waals surface area (Å²) in [5.74, 6) is 1.68. The van der Waals surface area contributed by atoms with Gasteiger partial charge in [0.05, 0.1) is 5.69 Å². The van der Waals surface area contributed by atoms with Crippen molar-refractivity contribution in [1.82, 2.24) is 19.7 Å². The third-order valence-electron chi connectivity index (χ3n) is 2.98. The van der Waals surface area contributed by atoms with Crippen molar-refractivity contribution in [1.29, 1.82) is 0 Å². The summed E-state index contributed by atoms with van der Waals surface area (Å²) in [7, 11) is 1.95. The molecule has 5 heteroatoms. The first-order chi connectivity index (χ1) is 8.47. The Hall–Kier alpha value is -1.91. The molecule has 2 rings (SSSR count). The predicted octanol–water partition coefficient (Wildman–Crippen LogP) is 1.81. The highest BCUT2D eigenvalue weighted by atomic mass is 15.3. The van der Waals surface area contributed by atoms with E-state index in [9.17, 15) is 0 Å². The lowest BCUT2D eigenvalue weighted by Crippen LogP contribution is -2.05. The van der Waals surface area contributed by atoms with Gasteiger partial charge in [0.2, 0.25) is 0 Å². The zero-order valence-electron chi connectivity index (χ0n) is 11.3. The summed E-state index contributed by atoms with van der Waals surface area (Å²) in [5, 5.41) is 4.49. The van der Waals surface area contributed by atoms with Crippen LogP contribution in [0.4, 0.5) is 5.82 Å². The van der Waals surface area contributed by atoms with E-state index in [-0.39, 0.29) is 0 Å². The Labute approximate surface area is 107 Å². The Morgan fingerprint density at radius 1 is 1.39 bits per heavy atom. The summed E-state index contributed by atoms with van der Waals surface area (Å²) in [5.41, 5.74) is 9.07. The highest BCUT2D eigenvalue weighted by molar-refractivity contribution is 5.40. The molecule has 0 radical (unpaired) electrons. The van der Waals surface area contributed by atoms with Crippen LogP contribution >= 0.6 is 0 Å². The SMILES string of the molecule is Cc1ncc(Cc2cc(C(C)C)nn2C)c(N)n1. The third-order valence-corrected chi connectivity index (χ3v) is 2.98. The fourth-order valence-electron chi connectivity index (χ4n) is 1.82. The van der Waals surface area contributed by atoms with Gasteiger partial charge in [-0.25, -0.2) is 9.97 Å². The molecule has 2 N–H and O–H groups in total. The van der Waals surface area contributed by atoms with E-state index < -0.39 is 0 Å². The van der Waals surface area contributed by atoms with Gasteiger partial charge in [0.1, 0.15) is 11.6 Å². The van der Waals surface area contributed by atoms with Crippen LogP contribution in [0.3, 0.4) is 0 Å². The molecule has 96 valence electrons. The van der Waals surface area contributed by atoms with Crippen LogP contribution in [-0.2, 0) is 13.5 Å². The molecule has 0 aliphatic heterocycles. The van der Waals surface area contributed by atoms with Crippen molar-refractivity contribution in [3.05, 3.63) is 35.0 Å². The van der Waals surface area contributed by atoms with Gasteiger partial charge in [-0.15, -0.1) is 0 Å². The van der Waals surface area contributed by atoms with E-state index in [0.717, 1.165) is 17.0 Å². The van der Waals surface area contributed by atoms with Gasteiger partial charge in [-0.3, -0.25) is 4.68 Å². The van der Waals surface area contributed by atoms with Crippen LogP contribution in [0.15, 0.2) is 12.3 Å². The van der Waals surface area contributed by atoms with E-state index in [2.05, 4.69) is 35.0 Å². The maximum Gasteiger partial charge on any atom is 0.130 e. The second-order valence-corrected chi connectivity index (χ2v) is 4.84. The summed E-state index contributed by atoms with van der Waals surface area (Å²) in [6.45, 7) is 6.10. The molecule has 0 saturated carbocycles. The number of aromatic nitrogens is 4. The van der Waals surface area contributed by atoms with Crippen molar-refractivity contribution < 1.29 is 0 Å². The van der Waals surface area contributed by atoms with Crippen molar-refractivity contribution in [2.75, 3.05) is 5.73 Å². The van der Waals surface area contributed by atoms with Crippen LogP contribution < -0.4 is 5.73 Å². The van der Waals surface area contributed by atoms with Gasteiger partial charge >= 0.3 is 0 Å². The van der Waals surface area contributed by atoms with Crippen molar-refractivity contribution in [3.63, 3.8) is 0 Å². The second kappa shape index (κ2) is 4.76. The summed E-state index contributed by atoms with van der Waals surface area (Å²) < 4.78 is 1.90. The molecule has 0 atom stereocenters. The van der Waals surface area contributed by atoms with Gasteiger partial charge in [0, 0.05) is 30.9 Å². The van der Waals surface area contributed by atoms with Gasteiger partial charge in [-0.05, 0) is 18.9 Å². The van der Waals surface area contributed by atoms with Crippen LogP contribution in [0.25, 0.3) is 0 Å². The molecule has 0 aliphatic carbocycles. The largest absolute Gasteiger partial charge is 0.383 e. The Balaban J connectivity index is 2.28. The Bertz CT molecular complexity index is 557. The molecule has 5 nitrogen and oxygen atoms in total. The standard InChI is InChI=1S/C13H19N5/c1-8(2)12-6-11(18(4)17-12)5-10-7-15-9(3)16-13(10)14/h6-8H,5H2,1-4H3,(H2,14,15,16). The van der Waals surface area contributed by atoms with Crippen LogP contribution in [-0.4, -0.2) is 19.7 Å². The lowest BCUT2D eigenvalue weighted by Gasteiger charge is -2.05. The van der Waals surface area contributed by atoms with E-state index in [1.54, 1.807) is 6.20 Å². The number of nitrogen functional groups attached to an aromatic ring is 1. The summed E-state index contributed by atoms with van der Waals surface area (Å²) in [4.78, 5) is 8.37.